The Labute approximate surface area is 197 Å². The van der Waals surface area contributed by atoms with E-state index in [0.29, 0.717) is 0 Å². The minimum Gasteiger partial charge on any atom is -0.494 e. The lowest BCUT2D eigenvalue weighted by molar-refractivity contribution is 0.309. The maximum atomic E-state index is 5.75. The first kappa shape index (κ1) is 22.5. The molecule has 0 radical (unpaired) electrons. The summed E-state index contributed by atoms with van der Waals surface area (Å²) in [6.07, 6.45) is 3.23. The van der Waals surface area contributed by atoms with Crippen LogP contribution in [-0.2, 0) is 0 Å². The van der Waals surface area contributed by atoms with Gasteiger partial charge in [0.2, 0.25) is 0 Å². The summed E-state index contributed by atoms with van der Waals surface area (Å²) in [5.41, 5.74) is 4.36. The largest absolute Gasteiger partial charge is 0.494 e. The molecule has 4 aromatic rings. The van der Waals surface area contributed by atoms with E-state index in [9.17, 15) is 0 Å². The molecule has 0 saturated carbocycles. The van der Waals surface area contributed by atoms with Crippen molar-refractivity contribution in [3.63, 3.8) is 0 Å². The Morgan fingerprint density at radius 2 is 1.12 bits per heavy atom. The zero-order valence-corrected chi connectivity index (χ0v) is 19.4. The normalized spacial score (nSPS) is 10.5. The number of hydrogen-bond acceptors (Lipinski definition) is 2. The molecule has 0 atom stereocenters. The van der Waals surface area contributed by atoms with Crippen LogP contribution in [0.2, 0.25) is 0 Å². The van der Waals surface area contributed by atoms with E-state index in [1.807, 2.05) is 18.2 Å². The van der Waals surface area contributed by atoms with Gasteiger partial charge in [0.25, 0.3) is 0 Å². The summed E-state index contributed by atoms with van der Waals surface area (Å²) >= 11 is 0. The van der Waals surface area contributed by atoms with Gasteiger partial charge in [0.15, 0.2) is 0 Å². The molecule has 0 aliphatic rings. The van der Waals surface area contributed by atoms with E-state index < -0.39 is 0 Å². The first-order chi connectivity index (χ1) is 16.2. The summed E-state index contributed by atoms with van der Waals surface area (Å²) in [6, 6.07) is 29.2. The molecule has 33 heavy (non-hydrogen) atoms. The van der Waals surface area contributed by atoms with Gasteiger partial charge in [-0.1, -0.05) is 68.5 Å². The van der Waals surface area contributed by atoms with E-state index in [4.69, 9.17) is 9.47 Å². The molecule has 0 aliphatic carbocycles. The molecule has 0 amide bonds. The second-order valence-corrected chi connectivity index (χ2v) is 8.13. The minimum atomic E-state index is 0.743. The van der Waals surface area contributed by atoms with Crippen LogP contribution in [0.5, 0.6) is 11.5 Å². The predicted octanol–water partition coefficient (Wildman–Crippen LogP) is 7.87. The van der Waals surface area contributed by atoms with Gasteiger partial charge in [-0.25, -0.2) is 0 Å². The van der Waals surface area contributed by atoms with E-state index in [2.05, 4.69) is 92.4 Å². The molecular weight excluding hydrogens is 404 g/mol. The molecule has 4 aromatic carbocycles. The average molecular weight is 435 g/mol. The summed E-state index contributed by atoms with van der Waals surface area (Å²) in [5, 5.41) is 2.34. The highest BCUT2D eigenvalue weighted by Gasteiger charge is 2.01. The standard InChI is InChI=1S/C31H30O2/c1-3-5-21-33-30-17-14-27(15-18-30)26-11-8-24(9-12-26)6-7-25-10-13-29-23-31(32-20-4-2)19-16-28(29)22-25/h8-19,22-23H,3-5,20-21H2,1-2H3. The number of hydrogen-bond donors (Lipinski definition) is 0. The van der Waals surface area contributed by atoms with Crippen LogP contribution in [0, 0.1) is 11.8 Å². The topological polar surface area (TPSA) is 18.5 Å². The first-order valence-electron chi connectivity index (χ1n) is 11.8. The van der Waals surface area contributed by atoms with E-state index in [1.165, 1.54) is 21.9 Å². The van der Waals surface area contributed by atoms with Gasteiger partial charge in [-0.05, 0) is 83.3 Å². The summed E-state index contributed by atoms with van der Waals surface area (Å²) in [6.45, 7) is 5.80. The molecule has 0 unspecified atom stereocenters. The minimum absolute atomic E-state index is 0.743. The van der Waals surface area contributed by atoms with Crippen molar-refractivity contribution in [3.05, 3.63) is 96.1 Å². The fraction of sp³-hybridized carbons (Fsp3) is 0.226. The zero-order chi connectivity index (χ0) is 22.9. The highest BCUT2D eigenvalue weighted by molar-refractivity contribution is 5.85. The Hall–Kier alpha value is -3.70. The maximum Gasteiger partial charge on any atom is 0.119 e. The van der Waals surface area contributed by atoms with Crippen LogP contribution >= 0.6 is 0 Å². The summed E-state index contributed by atoms with van der Waals surface area (Å²) in [5.74, 6) is 8.43. The maximum absolute atomic E-state index is 5.75. The lowest BCUT2D eigenvalue weighted by Crippen LogP contribution is -1.95. The van der Waals surface area contributed by atoms with Gasteiger partial charge in [0, 0.05) is 11.1 Å². The van der Waals surface area contributed by atoms with Crippen LogP contribution in [0.1, 0.15) is 44.2 Å². The zero-order valence-electron chi connectivity index (χ0n) is 19.4. The molecule has 0 fully saturated rings. The molecule has 0 aromatic heterocycles. The van der Waals surface area contributed by atoms with Crippen LogP contribution in [0.4, 0.5) is 0 Å². The van der Waals surface area contributed by atoms with E-state index in [0.717, 1.165) is 55.1 Å². The van der Waals surface area contributed by atoms with Crippen molar-refractivity contribution < 1.29 is 9.47 Å². The highest BCUT2D eigenvalue weighted by Crippen LogP contribution is 2.24. The molecule has 166 valence electrons. The van der Waals surface area contributed by atoms with Gasteiger partial charge in [-0.15, -0.1) is 0 Å². The molecule has 0 aliphatic heterocycles. The Balaban J connectivity index is 1.43. The monoisotopic (exact) mass is 434 g/mol. The van der Waals surface area contributed by atoms with Crippen LogP contribution < -0.4 is 9.47 Å². The third-order valence-corrected chi connectivity index (χ3v) is 5.47. The second kappa shape index (κ2) is 11.2. The SMILES string of the molecule is CCCCOc1ccc(-c2ccc(C#Cc3ccc4cc(OCCC)ccc4c3)cc2)cc1. The number of rotatable bonds is 8. The number of unbranched alkanes of at least 4 members (excludes halogenated alkanes) is 1. The molecule has 2 heteroatoms. The quantitative estimate of drug-likeness (QED) is 0.207. The van der Waals surface area contributed by atoms with Crippen molar-refractivity contribution in [2.24, 2.45) is 0 Å². The van der Waals surface area contributed by atoms with Crippen molar-refractivity contribution in [3.8, 4) is 34.5 Å². The lowest BCUT2D eigenvalue weighted by atomic mass is 10.0. The third-order valence-electron chi connectivity index (χ3n) is 5.47. The average Bonchev–Trinajstić information content (AvgIpc) is 2.87. The molecule has 0 spiro atoms. The third kappa shape index (κ3) is 6.18. The molecule has 0 saturated heterocycles. The van der Waals surface area contributed by atoms with Crippen molar-refractivity contribution in [2.45, 2.75) is 33.1 Å². The first-order valence-corrected chi connectivity index (χ1v) is 11.8. The summed E-state index contributed by atoms with van der Waals surface area (Å²) < 4.78 is 11.5. The van der Waals surface area contributed by atoms with Gasteiger partial charge in [-0.2, -0.15) is 0 Å². The van der Waals surface area contributed by atoms with Gasteiger partial charge in [-0.3, -0.25) is 0 Å². The second-order valence-electron chi connectivity index (χ2n) is 8.13. The summed E-state index contributed by atoms with van der Waals surface area (Å²) in [4.78, 5) is 0. The van der Waals surface area contributed by atoms with Crippen LogP contribution in [0.15, 0.2) is 84.9 Å². The number of benzene rings is 4. The van der Waals surface area contributed by atoms with E-state index in [1.54, 1.807) is 0 Å². The summed E-state index contributed by atoms with van der Waals surface area (Å²) in [7, 11) is 0. The van der Waals surface area contributed by atoms with Crippen molar-refractivity contribution in [1.29, 1.82) is 0 Å². The Kier molecular flexibility index (Phi) is 7.67. The molecule has 2 nitrogen and oxygen atoms in total. The number of ether oxygens (including phenoxy) is 2. The Morgan fingerprint density at radius 3 is 1.85 bits per heavy atom. The van der Waals surface area contributed by atoms with Crippen molar-refractivity contribution in [2.75, 3.05) is 13.2 Å². The fourth-order valence-electron chi connectivity index (χ4n) is 3.58. The molecular formula is C31H30O2. The van der Waals surface area contributed by atoms with Crippen molar-refractivity contribution >= 4 is 10.8 Å². The van der Waals surface area contributed by atoms with Crippen LogP contribution in [0.3, 0.4) is 0 Å². The van der Waals surface area contributed by atoms with Gasteiger partial charge in [0.05, 0.1) is 13.2 Å². The Morgan fingerprint density at radius 1 is 0.545 bits per heavy atom. The van der Waals surface area contributed by atoms with Gasteiger partial charge >= 0.3 is 0 Å². The van der Waals surface area contributed by atoms with Crippen LogP contribution in [-0.4, -0.2) is 13.2 Å². The Bertz CT molecular complexity index is 1240. The smallest absolute Gasteiger partial charge is 0.119 e. The molecule has 0 bridgehead atoms. The van der Waals surface area contributed by atoms with Crippen LogP contribution in [0.25, 0.3) is 21.9 Å². The van der Waals surface area contributed by atoms with Crippen molar-refractivity contribution in [1.82, 2.24) is 0 Å². The lowest BCUT2D eigenvalue weighted by Gasteiger charge is -2.07. The predicted molar refractivity (Wildman–Crippen MR) is 138 cm³/mol. The number of fused-ring (bicyclic) bond motifs is 1. The van der Waals surface area contributed by atoms with Gasteiger partial charge in [0.1, 0.15) is 11.5 Å². The molecule has 0 heterocycles. The van der Waals surface area contributed by atoms with E-state index in [-0.39, 0.29) is 0 Å². The fourth-order valence-corrected chi connectivity index (χ4v) is 3.58. The molecule has 0 N–H and O–H groups in total. The van der Waals surface area contributed by atoms with E-state index >= 15 is 0 Å². The molecule has 4 rings (SSSR count). The van der Waals surface area contributed by atoms with Gasteiger partial charge < -0.3 is 9.47 Å². The highest BCUT2D eigenvalue weighted by atomic mass is 16.5.